The number of halogens is 2. The number of rotatable bonds is 1. The van der Waals surface area contributed by atoms with E-state index < -0.39 is 11.6 Å². The van der Waals surface area contributed by atoms with Crippen LogP contribution in [0.5, 0.6) is 0 Å². The second-order valence-corrected chi connectivity index (χ2v) is 8.16. The van der Waals surface area contributed by atoms with E-state index in [0.717, 1.165) is 33.5 Å². The van der Waals surface area contributed by atoms with Crippen LogP contribution in [0.15, 0.2) is 30.5 Å². The molecule has 26 heavy (non-hydrogen) atoms. The van der Waals surface area contributed by atoms with Crippen molar-refractivity contribution < 1.29 is 9.50 Å². The van der Waals surface area contributed by atoms with Crippen molar-refractivity contribution in [1.29, 1.82) is 0 Å². The standard InChI is InChI=1S/C21H22ClFN2O/c1-10-9-14(12-5-6-15(23)13-7-8-24-19(12)13)17(22)16-11(2)20(26)21(3,4)25-18(10)16/h5-9,11,20,24-26H,1-4H3/t11-,20+/m1/s1. The van der Waals surface area contributed by atoms with Gasteiger partial charge >= 0.3 is 0 Å². The minimum Gasteiger partial charge on any atom is -0.390 e. The average molecular weight is 373 g/mol. The molecule has 0 fully saturated rings. The van der Waals surface area contributed by atoms with Crippen LogP contribution in [0, 0.1) is 12.7 Å². The van der Waals surface area contributed by atoms with Gasteiger partial charge in [-0.2, -0.15) is 0 Å². The monoisotopic (exact) mass is 372 g/mol. The Balaban J connectivity index is 2.00. The summed E-state index contributed by atoms with van der Waals surface area (Å²) in [4.78, 5) is 3.12. The normalized spacial score (nSPS) is 21.5. The van der Waals surface area contributed by atoms with Gasteiger partial charge in [0, 0.05) is 39.9 Å². The summed E-state index contributed by atoms with van der Waals surface area (Å²) in [6, 6.07) is 6.98. The maximum absolute atomic E-state index is 14.1. The fourth-order valence-corrected chi connectivity index (χ4v) is 4.56. The fourth-order valence-electron chi connectivity index (χ4n) is 4.13. The number of nitrogens with one attached hydrogen (secondary N) is 2. The first kappa shape index (κ1) is 17.4. The highest BCUT2D eigenvalue weighted by Crippen LogP contribution is 2.48. The first-order chi connectivity index (χ1) is 12.2. The van der Waals surface area contributed by atoms with E-state index in [1.54, 1.807) is 18.3 Å². The van der Waals surface area contributed by atoms with E-state index in [4.69, 9.17) is 11.6 Å². The molecule has 0 amide bonds. The zero-order valence-electron chi connectivity index (χ0n) is 15.2. The van der Waals surface area contributed by atoms with E-state index in [1.807, 2.05) is 33.8 Å². The van der Waals surface area contributed by atoms with Crippen molar-refractivity contribution in [2.24, 2.45) is 0 Å². The highest BCUT2D eigenvalue weighted by Gasteiger charge is 2.40. The highest BCUT2D eigenvalue weighted by molar-refractivity contribution is 6.35. The fraction of sp³-hybridized carbons (Fsp3) is 0.333. The molecule has 0 saturated carbocycles. The SMILES string of the molecule is Cc1cc(-c2ccc(F)c3cc[nH]c23)c(Cl)c2c1NC(C)(C)[C@@H](O)[C@@H]2C. The van der Waals surface area contributed by atoms with Crippen molar-refractivity contribution in [2.45, 2.75) is 45.3 Å². The maximum Gasteiger partial charge on any atom is 0.132 e. The molecule has 0 bridgehead atoms. The summed E-state index contributed by atoms with van der Waals surface area (Å²) in [5, 5.41) is 15.3. The van der Waals surface area contributed by atoms with Crippen LogP contribution in [0.4, 0.5) is 10.1 Å². The summed E-state index contributed by atoms with van der Waals surface area (Å²) >= 11 is 6.83. The number of benzene rings is 2. The summed E-state index contributed by atoms with van der Waals surface area (Å²) < 4.78 is 14.1. The Morgan fingerprint density at radius 2 is 1.92 bits per heavy atom. The van der Waals surface area contributed by atoms with Gasteiger partial charge < -0.3 is 15.4 Å². The van der Waals surface area contributed by atoms with Crippen LogP contribution in [-0.4, -0.2) is 21.7 Å². The molecule has 5 heteroatoms. The number of aryl methyl sites for hydroxylation is 1. The van der Waals surface area contributed by atoms with Crippen molar-refractivity contribution in [2.75, 3.05) is 5.32 Å². The van der Waals surface area contributed by atoms with Crippen molar-refractivity contribution in [3.05, 3.63) is 52.4 Å². The summed E-state index contributed by atoms with van der Waals surface area (Å²) in [6.45, 7) is 8.00. The molecule has 3 aromatic rings. The molecule has 2 heterocycles. The van der Waals surface area contributed by atoms with Gasteiger partial charge in [-0.1, -0.05) is 18.5 Å². The molecule has 136 valence electrons. The van der Waals surface area contributed by atoms with E-state index in [9.17, 15) is 9.50 Å². The number of anilines is 1. The Hall–Kier alpha value is -2.04. The first-order valence-corrected chi connectivity index (χ1v) is 9.15. The molecule has 1 aliphatic rings. The number of aliphatic hydroxyl groups excluding tert-OH is 1. The Morgan fingerprint density at radius 3 is 2.65 bits per heavy atom. The molecule has 3 N–H and O–H groups in total. The largest absolute Gasteiger partial charge is 0.390 e. The number of fused-ring (bicyclic) bond motifs is 2. The van der Waals surface area contributed by atoms with Gasteiger partial charge in [0.05, 0.1) is 22.2 Å². The molecule has 0 radical (unpaired) electrons. The van der Waals surface area contributed by atoms with E-state index in [0.29, 0.717) is 10.4 Å². The summed E-state index contributed by atoms with van der Waals surface area (Å²) in [5.41, 5.74) is 4.93. The second-order valence-electron chi connectivity index (χ2n) is 7.79. The predicted octanol–water partition coefficient (Wildman–Crippen LogP) is 5.60. The lowest BCUT2D eigenvalue weighted by Crippen LogP contribution is -2.50. The Labute approximate surface area is 157 Å². The predicted molar refractivity (Wildman–Crippen MR) is 106 cm³/mol. The van der Waals surface area contributed by atoms with Gasteiger partial charge in [-0.3, -0.25) is 0 Å². The zero-order valence-corrected chi connectivity index (χ0v) is 16.0. The van der Waals surface area contributed by atoms with E-state index in [2.05, 4.69) is 10.3 Å². The highest BCUT2D eigenvalue weighted by atomic mass is 35.5. The lowest BCUT2D eigenvalue weighted by atomic mass is 9.77. The van der Waals surface area contributed by atoms with Gasteiger partial charge in [0.25, 0.3) is 0 Å². The molecule has 1 aromatic heterocycles. The lowest BCUT2D eigenvalue weighted by molar-refractivity contribution is 0.0869. The van der Waals surface area contributed by atoms with Crippen LogP contribution in [-0.2, 0) is 0 Å². The van der Waals surface area contributed by atoms with Crippen LogP contribution in [0.25, 0.3) is 22.0 Å². The number of hydrogen-bond donors (Lipinski definition) is 3. The quantitative estimate of drug-likeness (QED) is 0.520. The van der Waals surface area contributed by atoms with Gasteiger partial charge in [-0.25, -0.2) is 4.39 Å². The van der Waals surface area contributed by atoms with Crippen LogP contribution in [0.1, 0.15) is 37.8 Å². The maximum atomic E-state index is 14.1. The molecule has 0 aliphatic carbocycles. The van der Waals surface area contributed by atoms with E-state index in [1.165, 1.54) is 6.07 Å². The Morgan fingerprint density at radius 1 is 1.19 bits per heavy atom. The second kappa shape index (κ2) is 5.73. The number of aromatic amines is 1. The van der Waals surface area contributed by atoms with Gasteiger partial charge in [0.2, 0.25) is 0 Å². The number of hydrogen-bond acceptors (Lipinski definition) is 2. The van der Waals surface area contributed by atoms with Crippen molar-refractivity contribution in [3.8, 4) is 11.1 Å². The summed E-state index contributed by atoms with van der Waals surface area (Å²) in [6.07, 6.45) is 1.16. The van der Waals surface area contributed by atoms with Crippen molar-refractivity contribution >= 4 is 28.2 Å². The van der Waals surface area contributed by atoms with Gasteiger partial charge in [-0.05, 0) is 50.6 Å². The van der Waals surface area contributed by atoms with Gasteiger partial charge in [0.15, 0.2) is 0 Å². The third-order valence-electron chi connectivity index (χ3n) is 5.57. The van der Waals surface area contributed by atoms with Crippen LogP contribution in [0.2, 0.25) is 5.02 Å². The Bertz CT molecular complexity index is 1020. The molecule has 4 rings (SSSR count). The van der Waals surface area contributed by atoms with Gasteiger partial charge in [0.1, 0.15) is 5.82 Å². The topological polar surface area (TPSA) is 48.0 Å². The smallest absolute Gasteiger partial charge is 0.132 e. The number of aliphatic hydroxyl groups is 1. The molecular weight excluding hydrogens is 351 g/mol. The Kier molecular flexibility index (Phi) is 3.83. The lowest BCUT2D eigenvalue weighted by Gasteiger charge is -2.43. The number of aromatic nitrogens is 1. The molecule has 0 spiro atoms. The molecule has 2 aromatic carbocycles. The minimum atomic E-state index is -0.569. The minimum absolute atomic E-state index is 0.119. The molecule has 0 unspecified atom stereocenters. The average Bonchev–Trinajstić information content (AvgIpc) is 3.07. The van der Waals surface area contributed by atoms with Gasteiger partial charge in [-0.15, -0.1) is 0 Å². The van der Waals surface area contributed by atoms with Crippen LogP contribution >= 0.6 is 11.6 Å². The molecule has 3 nitrogen and oxygen atoms in total. The third-order valence-corrected chi connectivity index (χ3v) is 5.98. The molecule has 2 atom stereocenters. The molecular formula is C21H22ClFN2O. The zero-order chi connectivity index (χ0) is 18.8. The van der Waals surface area contributed by atoms with Crippen LogP contribution in [0.3, 0.4) is 0 Å². The number of H-pyrrole nitrogens is 1. The van der Waals surface area contributed by atoms with E-state index in [-0.39, 0.29) is 11.7 Å². The summed E-state index contributed by atoms with van der Waals surface area (Å²) in [5.74, 6) is -0.380. The molecule has 1 aliphatic heterocycles. The van der Waals surface area contributed by atoms with Crippen LogP contribution < -0.4 is 5.32 Å². The summed E-state index contributed by atoms with van der Waals surface area (Å²) in [7, 11) is 0. The van der Waals surface area contributed by atoms with E-state index >= 15 is 0 Å². The van der Waals surface area contributed by atoms with Crippen molar-refractivity contribution in [3.63, 3.8) is 0 Å². The van der Waals surface area contributed by atoms with Crippen molar-refractivity contribution in [1.82, 2.24) is 4.98 Å². The molecule has 0 saturated heterocycles. The third kappa shape index (κ3) is 2.36. The first-order valence-electron chi connectivity index (χ1n) is 8.77.